The van der Waals surface area contributed by atoms with Gasteiger partial charge in [-0.15, -0.1) is 11.3 Å². The Balaban J connectivity index is 1.03. The van der Waals surface area contributed by atoms with Crippen molar-refractivity contribution >= 4 is 85.8 Å². The Bertz CT molecular complexity index is 3190. The maximum absolute atomic E-state index is 5.31. The van der Waals surface area contributed by atoms with Crippen LogP contribution in [0.15, 0.2) is 170 Å². The SMILES string of the molecule is c1ccc(-c2c3ccccc3nc3c2ccc2ccc(-c4ccc5cc6cc(-c7cccc8c7sc7ccccc78)ccc6cc5c4)nc23)cc1. The van der Waals surface area contributed by atoms with Crippen molar-refractivity contribution in [2.24, 2.45) is 0 Å². The second kappa shape index (κ2) is 11.0. The minimum absolute atomic E-state index is 0.924. The molecule has 11 rings (SSSR count). The van der Waals surface area contributed by atoms with Crippen LogP contribution in [0.25, 0.3) is 108 Å². The van der Waals surface area contributed by atoms with Gasteiger partial charge in [0.2, 0.25) is 0 Å². The number of nitrogens with zero attached hydrogens (tertiary/aromatic N) is 2. The molecule has 2 nitrogen and oxygen atoms in total. The number of hydrogen-bond donors (Lipinski definition) is 0. The van der Waals surface area contributed by atoms with Gasteiger partial charge in [0.05, 0.1) is 22.2 Å². The number of fused-ring (bicyclic) bond motifs is 9. The van der Waals surface area contributed by atoms with Crippen molar-refractivity contribution in [1.82, 2.24) is 9.97 Å². The van der Waals surface area contributed by atoms with Crippen molar-refractivity contribution in [2.75, 3.05) is 0 Å². The van der Waals surface area contributed by atoms with E-state index in [9.17, 15) is 0 Å². The van der Waals surface area contributed by atoms with Crippen LogP contribution in [0.2, 0.25) is 0 Å². The largest absolute Gasteiger partial charge is 0.245 e. The van der Waals surface area contributed by atoms with E-state index >= 15 is 0 Å². The summed E-state index contributed by atoms with van der Waals surface area (Å²) in [5.41, 5.74) is 9.80. The maximum Gasteiger partial charge on any atom is 0.0978 e. The average Bonchev–Trinajstić information content (AvgIpc) is 3.58. The number of para-hydroxylation sites is 1. The predicted octanol–water partition coefficient (Wildman–Crippen LogP) is 13.6. The van der Waals surface area contributed by atoms with Gasteiger partial charge in [0, 0.05) is 47.5 Å². The Morgan fingerprint density at radius 1 is 0.373 bits per heavy atom. The molecule has 0 unspecified atom stereocenters. The molecular formula is C48H28N2S. The lowest BCUT2D eigenvalue weighted by atomic mass is 9.95. The quantitative estimate of drug-likeness (QED) is 0.139. The van der Waals surface area contributed by atoms with E-state index in [0.29, 0.717) is 0 Å². The highest BCUT2D eigenvalue weighted by molar-refractivity contribution is 7.26. The number of aromatic nitrogens is 2. The lowest BCUT2D eigenvalue weighted by Gasteiger charge is -2.13. The van der Waals surface area contributed by atoms with Gasteiger partial charge in [-0.2, -0.15) is 0 Å². The minimum Gasteiger partial charge on any atom is -0.245 e. The zero-order valence-corrected chi connectivity index (χ0v) is 28.3. The van der Waals surface area contributed by atoms with E-state index < -0.39 is 0 Å². The molecule has 0 saturated carbocycles. The second-order valence-electron chi connectivity index (χ2n) is 13.4. The van der Waals surface area contributed by atoms with Crippen LogP contribution in [0.1, 0.15) is 0 Å². The molecular weight excluding hydrogens is 637 g/mol. The molecule has 0 aliphatic carbocycles. The summed E-state index contributed by atoms with van der Waals surface area (Å²) >= 11 is 1.88. The Labute approximate surface area is 297 Å². The maximum atomic E-state index is 5.31. The van der Waals surface area contributed by atoms with Gasteiger partial charge in [0.15, 0.2) is 0 Å². The Morgan fingerprint density at radius 2 is 1.06 bits per heavy atom. The minimum atomic E-state index is 0.924. The highest BCUT2D eigenvalue weighted by Crippen LogP contribution is 2.41. The summed E-state index contributed by atoms with van der Waals surface area (Å²) in [5.74, 6) is 0. The second-order valence-corrected chi connectivity index (χ2v) is 14.4. The van der Waals surface area contributed by atoms with Crippen molar-refractivity contribution in [3.63, 3.8) is 0 Å². The summed E-state index contributed by atoms with van der Waals surface area (Å²) in [6, 6.07) is 61.4. The standard InChI is InChI=1S/C48H28N2S/c1-2-9-29(10-3-1)45-40-12-4-6-15-43(40)50-47-41(45)23-21-30-22-24-42(49-46(30)47)34-20-18-32-25-35-27-33(19-17-31(35)26-36(32)28-34)37-13-8-14-39-38-11-5-7-16-44(38)51-48(37)39/h1-28H. The number of pyridine rings is 2. The first-order valence-electron chi connectivity index (χ1n) is 17.3. The fraction of sp³-hybridized carbons (Fsp3) is 0. The fourth-order valence-corrected chi connectivity index (χ4v) is 9.15. The van der Waals surface area contributed by atoms with E-state index in [0.717, 1.165) is 44.0 Å². The summed E-state index contributed by atoms with van der Waals surface area (Å²) in [7, 11) is 0. The summed E-state index contributed by atoms with van der Waals surface area (Å²) in [6.07, 6.45) is 0. The van der Waals surface area contributed by atoms with Gasteiger partial charge in [-0.3, -0.25) is 0 Å². The van der Waals surface area contributed by atoms with Crippen LogP contribution in [0.5, 0.6) is 0 Å². The van der Waals surface area contributed by atoms with Crippen LogP contribution in [0, 0.1) is 0 Å². The zero-order valence-electron chi connectivity index (χ0n) is 27.5. The molecule has 0 amide bonds. The molecule has 8 aromatic carbocycles. The van der Waals surface area contributed by atoms with Gasteiger partial charge in [0.1, 0.15) is 0 Å². The van der Waals surface area contributed by atoms with Crippen LogP contribution in [-0.2, 0) is 0 Å². The monoisotopic (exact) mass is 664 g/mol. The Morgan fingerprint density at radius 3 is 1.92 bits per heavy atom. The van der Waals surface area contributed by atoms with Gasteiger partial charge in [-0.05, 0) is 80.7 Å². The molecule has 0 N–H and O–H groups in total. The molecule has 0 atom stereocenters. The number of benzene rings is 8. The first-order valence-corrected chi connectivity index (χ1v) is 18.1. The van der Waals surface area contributed by atoms with Crippen molar-refractivity contribution in [1.29, 1.82) is 0 Å². The lowest BCUT2D eigenvalue weighted by molar-refractivity contribution is 1.40. The van der Waals surface area contributed by atoms with E-state index in [-0.39, 0.29) is 0 Å². The van der Waals surface area contributed by atoms with E-state index in [1.165, 1.54) is 64.0 Å². The molecule has 11 aromatic rings. The van der Waals surface area contributed by atoms with Crippen molar-refractivity contribution in [3.05, 3.63) is 170 Å². The molecule has 0 radical (unpaired) electrons. The molecule has 51 heavy (non-hydrogen) atoms. The molecule has 236 valence electrons. The number of thiophene rings is 1. The number of hydrogen-bond acceptors (Lipinski definition) is 3. The van der Waals surface area contributed by atoms with Gasteiger partial charge < -0.3 is 0 Å². The van der Waals surface area contributed by atoms with Gasteiger partial charge in [-0.25, -0.2) is 9.97 Å². The Hall–Kier alpha value is -6.42. The third-order valence-corrected chi connectivity index (χ3v) is 11.6. The number of rotatable bonds is 3. The topological polar surface area (TPSA) is 25.8 Å². The van der Waals surface area contributed by atoms with Gasteiger partial charge in [-0.1, -0.05) is 127 Å². The van der Waals surface area contributed by atoms with Crippen LogP contribution in [0.3, 0.4) is 0 Å². The third-order valence-electron chi connectivity index (χ3n) is 10.4. The average molecular weight is 665 g/mol. The van der Waals surface area contributed by atoms with Crippen molar-refractivity contribution in [3.8, 4) is 33.5 Å². The highest BCUT2D eigenvalue weighted by Gasteiger charge is 2.15. The van der Waals surface area contributed by atoms with Gasteiger partial charge in [0.25, 0.3) is 0 Å². The predicted molar refractivity (Wildman–Crippen MR) is 219 cm³/mol. The van der Waals surface area contributed by atoms with Crippen LogP contribution < -0.4 is 0 Å². The highest BCUT2D eigenvalue weighted by atomic mass is 32.1. The third kappa shape index (κ3) is 4.49. The fourth-order valence-electron chi connectivity index (χ4n) is 7.91. The first-order chi connectivity index (χ1) is 25.2. The van der Waals surface area contributed by atoms with Crippen molar-refractivity contribution < 1.29 is 0 Å². The molecule has 3 aromatic heterocycles. The summed E-state index contributed by atoms with van der Waals surface area (Å²) in [5, 5.41) is 10.9. The van der Waals surface area contributed by atoms with Gasteiger partial charge >= 0.3 is 0 Å². The van der Waals surface area contributed by atoms with E-state index in [1.54, 1.807) is 0 Å². The normalized spacial score (nSPS) is 11.9. The molecule has 0 aliphatic rings. The summed E-state index contributed by atoms with van der Waals surface area (Å²) in [4.78, 5) is 10.5. The molecule has 0 aliphatic heterocycles. The first kappa shape index (κ1) is 28.4. The van der Waals surface area contributed by atoms with Crippen LogP contribution in [0.4, 0.5) is 0 Å². The zero-order chi connectivity index (χ0) is 33.5. The van der Waals surface area contributed by atoms with E-state index in [4.69, 9.17) is 9.97 Å². The smallest absolute Gasteiger partial charge is 0.0978 e. The molecule has 0 spiro atoms. The van der Waals surface area contributed by atoms with E-state index in [1.807, 2.05) is 11.3 Å². The molecule has 0 saturated heterocycles. The summed E-state index contributed by atoms with van der Waals surface area (Å²) < 4.78 is 2.68. The van der Waals surface area contributed by atoms with Crippen molar-refractivity contribution in [2.45, 2.75) is 0 Å². The molecule has 3 heterocycles. The lowest BCUT2D eigenvalue weighted by Crippen LogP contribution is -1.93. The molecule has 3 heteroatoms. The molecule has 0 fully saturated rings. The van der Waals surface area contributed by atoms with E-state index in [2.05, 4.69) is 170 Å². The van der Waals surface area contributed by atoms with Crippen LogP contribution in [-0.4, -0.2) is 9.97 Å². The summed E-state index contributed by atoms with van der Waals surface area (Å²) in [6.45, 7) is 0. The van der Waals surface area contributed by atoms with Crippen LogP contribution >= 0.6 is 11.3 Å². The molecule has 0 bridgehead atoms. The Kier molecular flexibility index (Phi) is 6.16.